The number of rotatable bonds is 5. The third kappa shape index (κ3) is 3.86. The van der Waals surface area contributed by atoms with Crippen molar-refractivity contribution in [2.75, 3.05) is 12.4 Å². The molecule has 0 saturated heterocycles. The number of carbonyl (C=O) groups excluding carboxylic acids is 1. The van der Waals surface area contributed by atoms with Crippen molar-refractivity contribution in [1.82, 2.24) is 5.32 Å². The van der Waals surface area contributed by atoms with Gasteiger partial charge in [-0.3, -0.25) is 4.79 Å². The molecule has 3 heteroatoms. The van der Waals surface area contributed by atoms with Gasteiger partial charge in [0.15, 0.2) is 0 Å². The molecule has 0 aromatic heterocycles. The third-order valence-corrected chi connectivity index (χ3v) is 2.92. The summed E-state index contributed by atoms with van der Waals surface area (Å²) in [6.45, 7) is 4.96. The zero-order chi connectivity index (χ0) is 12.0. The van der Waals surface area contributed by atoms with Crippen molar-refractivity contribution in [2.24, 2.45) is 5.92 Å². The molecule has 88 valence electrons. The van der Waals surface area contributed by atoms with Crippen molar-refractivity contribution < 1.29 is 4.79 Å². The summed E-state index contributed by atoms with van der Waals surface area (Å²) >= 11 is 5.45. The molecule has 0 aliphatic carbocycles. The molecule has 1 aromatic rings. The molecule has 0 radical (unpaired) electrons. The molecule has 1 aromatic carbocycles. The van der Waals surface area contributed by atoms with Gasteiger partial charge >= 0.3 is 0 Å². The lowest BCUT2D eigenvalue weighted by atomic mass is 9.88. The van der Waals surface area contributed by atoms with Crippen LogP contribution in [-0.2, 0) is 4.79 Å². The molecule has 16 heavy (non-hydrogen) atoms. The summed E-state index contributed by atoms with van der Waals surface area (Å²) in [5.41, 5.74) is 1.26. The van der Waals surface area contributed by atoms with E-state index in [-0.39, 0.29) is 11.8 Å². The van der Waals surface area contributed by atoms with Crippen LogP contribution in [0.15, 0.2) is 30.3 Å². The minimum Gasteiger partial charge on any atom is -0.354 e. The average molecular weight is 240 g/mol. The van der Waals surface area contributed by atoms with Crippen molar-refractivity contribution in [2.45, 2.75) is 19.8 Å². The van der Waals surface area contributed by atoms with Crippen LogP contribution in [0.1, 0.15) is 25.3 Å². The van der Waals surface area contributed by atoms with Crippen LogP contribution in [0.5, 0.6) is 0 Å². The fraction of sp³-hybridized carbons (Fsp3) is 0.462. The number of carbonyl (C=O) groups is 1. The Bertz CT molecular complexity index is 324. The van der Waals surface area contributed by atoms with Gasteiger partial charge in [0.1, 0.15) is 5.88 Å². The number of halogens is 1. The topological polar surface area (TPSA) is 29.1 Å². The summed E-state index contributed by atoms with van der Waals surface area (Å²) in [5.74, 6) is 0.745. The normalized spacial score (nSPS) is 12.5. The molecule has 1 atom stereocenters. The second kappa shape index (κ2) is 6.54. The minimum atomic E-state index is -0.108. The van der Waals surface area contributed by atoms with Crippen molar-refractivity contribution in [1.29, 1.82) is 0 Å². The van der Waals surface area contributed by atoms with Crippen LogP contribution in [0.4, 0.5) is 0 Å². The summed E-state index contributed by atoms with van der Waals surface area (Å²) < 4.78 is 0. The first kappa shape index (κ1) is 13.0. The van der Waals surface area contributed by atoms with Crippen molar-refractivity contribution >= 4 is 17.5 Å². The summed E-state index contributed by atoms with van der Waals surface area (Å²) in [4.78, 5) is 11.1. The molecule has 1 amide bonds. The largest absolute Gasteiger partial charge is 0.354 e. The van der Waals surface area contributed by atoms with Gasteiger partial charge in [0.05, 0.1) is 0 Å². The Hall–Kier alpha value is -1.02. The molecule has 0 fully saturated rings. The van der Waals surface area contributed by atoms with Crippen molar-refractivity contribution in [3.8, 4) is 0 Å². The van der Waals surface area contributed by atoms with Crippen molar-refractivity contribution in [3.05, 3.63) is 35.9 Å². The first-order valence-corrected chi connectivity index (χ1v) is 6.06. The van der Waals surface area contributed by atoms with Gasteiger partial charge in [0.2, 0.25) is 5.91 Å². The van der Waals surface area contributed by atoms with Crippen LogP contribution < -0.4 is 5.32 Å². The molecule has 0 heterocycles. The fourth-order valence-corrected chi connectivity index (χ4v) is 1.80. The van der Waals surface area contributed by atoms with E-state index in [0.717, 1.165) is 0 Å². The Morgan fingerprint density at radius 3 is 2.44 bits per heavy atom. The van der Waals surface area contributed by atoms with Crippen LogP contribution in [0.3, 0.4) is 0 Å². The second-order valence-corrected chi connectivity index (χ2v) is 4.47. The summed E-state index contributed by atoms with van der Waals surface area (Å²) in [7, 11) is 0. The highest BCUT2D eigenvalue weighted by Crippen LogP contribution is 2.23. The molecule has 2 nitrogen and oxygen atoms in total. The monoisotopic (exact) mass is 239 g/mol. The summed E-state index contributed by atoms with van der Waals surface area (Å²) in [6.07, 6.45) is 0. The van der Waals surface area contributed by atoms with E-state index in [1.165, 1.54) is 5.56 Å². The number of hydrogen-bond acceptors (Lipinski definition) is 1. The van der Waals surface area contributed by atoms with E-state index >= 15 is 0 Å². The van der Waals surface area contributed by atoms with Gasteiger partial charge in [0.25, 0.3) is 0 Å². The standard InChI is InChI=1S/C13H18ClNO/c1-10(2)12(9-15-13(16)8-14)11-6-4-3-5-7-11/h3-7,10,12H,8-9H2,1-2H3,(H,15,16)/t12-/m1/s1. The van der Waals surface area contributed by atoms with E-state index in [1.54, 1.807) is 0 Å². The highest BCUT2D eigenvalue weighted by molar-refractivity contribution is 6.27. The quantitative estimate of drug-likeness (QED) is 0.787. The summed E-state index contributed by atoms with van der Waals surface area (Å²) in [6, 6.07) is 10.2. The molecular weight excluding hydrogens is 222 g/mol. The van der Waals surface area contributed by atoms with Gasteiger partial charge in [-0.1, -0.05) is 44.2 Å². The number of amides is 1. The molecule has 1 rings (SSSR count). The molecule has 0 spiro atoms. The van der Waals surface area contributed by atoms with E-state index < -0.39 is 0 Å². The lowest BCUT2D eigenvalue weighted by Crippen LogP contribution is -2.31. The molecule has 0 bridgehead atoms. The highest BCUT2D eigenvalue weighted by atomic mass is 35.5. The Labute approximate surface area is 102 Å². The maximum Gasteiger partial charge on any atom is 0.234 e. The Balaban J connectivity index is 2.66. The minimum absolute atomic E-state index is 0.0274. The number of alkyl halides is 1. The second-order valence-electron chi connectivity index (χ2n) is 4.20. The van der Waals surface area contributed by atoms with Gasteiger partial charge in [-0.05, 0) is 11.5 Å². The highest BCUT2D eigenvalue weighted by Gasteiger charge is 2.16. The molecule has 0 aliphatic rings. The zero-order valence-electron chi connectivity index (χ0n) is 9.74. The van der Waals surface area contributed by atoms with Crippen LogP contribution in [0.2, 0.25) is 0 Å². The first-order chi connectivity index (χ1) is 7.65. The van der Waals surface area contributed by atoms with E-state index in [0.29, 0.717) is 18.4 Å². The maximum atomic E-state index is 11.1. The molecule has 0 saturated carbocycles. The van der Waals surface area contributed by atoms with Gasteiger partial charge in [0, 0.05) is 12.5 Å². The fourth-order valence-electron chi connectivity index (χ4n) is 1.71. The van der Waals surface area contributed by atoms with E-state index in [1.807, 2.05) is 18.2 Å². The van der Waals surface area contributed by atoms with E-state index in [2.05, 4.69) is 31.3 Å². The predicted octanol–water partition coefficient (Wildman–Crippen LogP) is 2.78. The van der Waals surface area contributed by atoms with Gasteiger partial charge in [-0.2, -0.15) is 0 Å². The number of hydrogen-bond donors (Lipinski definition) is 1. The molecule has 0 unspecified atom stereocenters. The Morgan fingerprint density at radius 1 is 1.31 bits per heavy atom. The van der Waals surface area contributed by atoms with Crippen LogP contribution in [0, 0.1) is 5.92 Å². The number of benzene rings is 1. The Kier molecular flexibility index (Phi) is 5.33. The van der Waals surface area contributed by atoms with Gasteiger partial charge in [-0.15, -0.1) is 11.6 Å². The van der Waals surface area contributed by atoms with Gasteiger partial charge < -0.3 is 5.32 Å². The van der Waals surface area contributed by atoms with E-state index in [4.69, 9.17) is 11.6 Å². The first-order valence-electron chi connectivity index (χ1n) is 5.52. The van der Waals surface area contributed by atoms with Crippen LogP contribution in [0.25, 0.3) is 0 Å². The summed E-state index contributed by atoms with van der Waals surface area (Å²) in [5, 5.41) is 2.84. The van der Waals surface area contributed by atoms with Crippen LogP contribution in [-0.4, -0.2) is 18.3 Å². The SMILES string of the molecule is CC(C)[C@@H](CNC(=O)CCl)c1ccccc1. The lowest BCUT2D eigenvalue weighted by molar-refractivity contribution is -0.118. The smallest absolute Gasteiger partial charge is 0.234 e. The van der Waals surface area contributed by atoms with Gasteiger partial charge in [-0.25, -0.2) is 0 Å². The maximum absolute atomic E-state index is 11.1. The average Bonchev–Trinajstić information content (AvgIpc) is 2.30. The molecule has 1 N–H and O–H groups in total. The zero-order valence-corrected chi connectivity index (χ0v) is 10.5. The van der Waals surface area contributed by atoms with Crippen LogP contribution >= 0.6 is 11.6 Å². The Morgan fingerprint density at radius 2 is 1.94 bits per heavy atom. The third-order valence-electron chi connectivity index (χ3n) is 2.67. The number of nitrogens with one attached hydrogen (secondary N) is 1. The van der Waals surface area contributed by atoms with Crippen molar-refractivity contribution in [3.63, 3.8) is 0 Å². The molecule has 0 aliphatic heterocycles. The van der Waals surface area contributed by atoms with E-state index in [9.17, 15) is 4.79 Å². The molecular formula is C13H18ClNO. The predicted molar refractivity (Wildman–Crippen MR) is 67.8 cm³/mol. The lowest BCUT2D eigenvalue weighted by Gasteiger charge is -2.21.